The molecule has 1 fully saturated rings. The molecule has 1 N–H and O–H groups in total. The van der Waals surface area contributed by atoms with Crippen LogP contribution in [0.25, 0.3) is 0 Å². The van der Waals surface area contributed by atoms with E-state index in [2.05, 4.69) is 60.7 Å². The number of rotatable bonds is 7. The summed E-state index contributed by atoms with van der Waals surface area (Å²) in [6.45, 7) is 8.21. The van der Waals surface area contributed by atoms with Gasteiger partial charge in [0.05, 0.1) is 0 Å². The molecule has 2 rings (SSSR count). The molecule has 1 aromatic carbocycles. The first kappa shape index (κ1) is 16.9. The van der Waals surface area contributed by atoms with Crippen LogP contribution >= 0.6 is 11.8 Å². The topological polar surface area (TPSA) is 15.3 Å². The molecular weight excluding hydrogens is 276 g/mol. The third kappa shape index (κ3) is 4.24. The van der Waals surface area contributed by atoms with Crippen LogP contribution in [0.3, 0.4) is 0 Å². The smallest absolute Gasteiger partial charge is 0.0329 e. The lowest BCUT2D eigenvalue weighted by atomic mass is 9.86. The Morgan fingerprint density at radius 2 is 1.95 bits per heavy atom. The monoisotopic (exact) mass is 306 g/mol. The molecule has 2 nitrogen and oxygen atoms in total. The number of piperazine rings is 1. The number of nitrogens with zero attached hydrogens (tertiary/aromatic N) is 1. The zero-order valence-corrected chi connectivity index (χ0v) is 14.6. The molecule has 1 aliphatic rings. The predicted molar refractivity (Wildman–Crippen MR) is 95.2 cm³/mol. The van der Waals surface area contributed by atoms with Crippen molar-refractivity contribution in [3.8, 4) is 0 Å². The summed E-state index contributed by atoms with van der Waals surface area (Å²) in [6.07, 6.45) is 5.83. The van der Waals surface area contributed by atoms with Crippen molar-refractivity contribution in [1.82, 2.24) is 10.2 Å². The Hall–Kier alpha value is -0.510. The standard InChI is InChI=1S/C18H30N2S/c1-4-18(5-2)15-19-17(14-20(18)11-12-21-3)13-16-9-7-6-8-10-16/h6-10,17,19H,4-5,11-15H2,1-3H3. The van der Waals surface area contributed by atoms with E-state index in [0.717, 1.165) is 13.0 Å². The molecule has 0 aliphatic carbocycles. The van der Waals surface area contributed by atoms with Crippen molar-refractivity contribution in [2.75, 3.05) is 31.6 Å². The van der Waals surface area contributed by atoms with Crippen molar-refractivity contribution in [2.24, 2.45) is 0 Å². The largest absolute Gasteiger partial charge is 0.311 e. The van der Waals surface area contributed by atoms with E-state index in [-0.39, 0.29) is 0 Å². The van der Waals surface area contributed by atoms with Gasteiger partial charge in [-0.3, -0.25) is 4.90 Å². The molecule has 1 aliphatic heterocycles. The molecule has 1 atom stereocenters. The molecule has 118 valence electrons. The van der Waals surface area contributed by atoms with E-state index >= 15 is 0 Å². The Labute approximate surface area is 134 Å². The Balaban J connectivity index is 2.02. The van der Waals surface area contributed by atoms with Crippen LogP contribution in [-0.4, -0.2) is 48.1 Å². The number of benzene rings is 1. The molecule has 1 unspecified atom stereocenters. The maximum Gasteiger partial charge on any atom is 0.0329 e. The summed E-state index contributed by atoms with van der Waals surface area (Å²) in [5.41, 5.74) is 1.81. The van der Waals surface area contributed by atoms with Gasteiger partial charge in [0, 0.05) is 37.0 Å². The molecule has 21 heavy (non-hydrogen) atoms. The van der Waals surface area contributed by atoms with Crippen LogP contribution in [-0.2, 0) is 6.42 Å². The van der Waals surface area contributed by atoms with E-state index in [0.29, 0.717) is 11.6 Å². The predicted octanol–water partition coefficient (Wildman–Crippen LogP) is 3.42. The minimum absolute atomic E-state index is 0.364. The highest BCUT2D eigenvalue weighted by molar-refractivity contribution is 7.98. The van der Waals surface area contributed by atoms with Crippen molar-refractivity contribution in [2.45, 2.75) is 44.7 Å². The number of hydrogen-bond donors (Lipinski definition) is 1. The SMILES string of the molecule is CCC1(CC)CNC(Cc2ccccc2)CN1CCSC. The first-order valence-corrected chi connectivity index (χ1v) is 9.64. The maximum atomic E-state index is 3.82. The van der Waals surface area contributed by atoms with Gasteiger partial charge in [-0.25, -0.2) is 0 Å². The molecule has 0 spiro atoms. The normalized spacial score (nSPS) is 22.3. The van der Waals surface area contributed by atoms with Crippen molar-refractivity contribution in [1.29, 1.82) is 0 Å². The minimum atomic E-state index is 0.364. The van der Waals surface area contributed by atoms with Crippen LogP contribution in [0.4, 0.5) is 0 Å². The third-order valence-corrected chi connectivity index (χ3v) is 5.63. The van der Waals surface area contributed by atoms with Gasteiger partial charge >= 0.3 is 0 Å². The van der Waals surface area contributed by atoms with E-state index < -0.39 is 0 Å². The van der Waals surface area contributed by atoms with Gasteiger partial charge in [0.1, 0.15) is 0 Å². The summed E-state index contributed by atoms with van der Waals surface area (Å²) < 4.78 is 0. The van der Waals surface area contributed by atoms with Gasteiger partial charge in [0.15, 0.2) is 0 Å². The highest BCUT2D eigenvalue weighted by Gasteiger charge is 2.38. The van der Waals surface area contributed by atoms with Gasteiger partial charge in [-0.05, 0) is 31.1 Å². The van der Waals surface area contributed by atoms with Crippen LogP contribution in [0.1, 0.15) is 32.3 Å². The fourth-order valence-corrected chi connectivity index (χ4v) is 3.89. The molecule has 0 amide bonds. The van der Waals surface area contributed by atoms with Gasteiger partial charge in [0.25, 0.3) is 0 Å². The Kier molecular flexibility index (Phi) is 6.59. The molecule has 0 saturated carbocycles. The van der Waals surface area contributed by atoms with E-state index in [1.807, 2.05) is 11.8 Å². The quantitative estimate of drug-likeness (QED) is 0.831. The van der Waals surface area contributed by atoms with Crippen molar-refractivity contribution in [3.05, 3.63) is 35.9 Å². The van der Waals surface area contributed by atoms with Crippen LogP contribution in [0.2, 0.25) is 0 Å². The third-order valence-electron chi connectivity index (χ3n) is 5.04. The average molecular weight is 307 g/mol. The van der Waals surface area contributed by atoms with Gasteiger partial charge in [-0.15, -0.1) is 0 Å². The Bertz CT molecular complexity index is 403. The first-order valence-electron chi connectivity index (χ1n) is 8.25. The van der Waals surface area contributed by atoms with E-state index in [4.69, 9.17) is 0 Å². The lowest BCUT2D eigenvalue weighted by Crippen LogP contribution is -2.65. The second kappa shape index (κ2) is 8.21. The summed E-state index contributed by atoms with van der Waals surface area (Å²) in [5, 5.41) is 3.82. The minimum Gasteiger partial charge on any atom is -0.311 e. The molecule has 3 heteroatoms. The number of hydrogen-bond acceptors (Lipinski definition) is 3. The Morgan fingerprint density at radius 1 is 1.24 bits per heavy atom. The summed E-state index contributed by atoms with van der Waals surface area (Å²) in [6, 6.07) is 11.5. The zero-order chi connectivity index (χ0) is 15.1. The van der Waals surface area contributed by atoms with Crippen molar-refractivity contribution < 1.29 is 0 Å². The van der Waals surface area contributed by atoms with E-state index in [9.17, 15) is 0 Å². The number of nitrogens with one attached hydrogen (secondary N) is 1. The zero-order valence-electron chi connectivity index (χ0n) is 13.8. The summed E-state index contributed by atoms with van der Waals surface area (Å²) in [7, 11) is 0. The van der Waals surface area contributed by atoms with Crippen LogP contribution in [0.15, 0.2) is 30.3 Å². The van der Waals surface area contributed by atoms with Gasteiger partial charge in [-0.2, -0.15) is 11.8 Å². The maximum absolute atomic E-state index is 3.82. The molecule has 1 aromatic rings. The van der Waals surface area contributed by atoms with Crippen LogP contribution < -0.4 is 5.32 Å². The van der Waals surface area contributed by atoms with E-state index in [1.165, 1.54) is 37.2 Å². The van der Waals surface area contributed by atoms with Gasteiger partial charge in [-0.1, -0.05) is 44.2 Å². The second-order valence-electron chi connectivity index (χ2n) is 6.14. The molecule has 1 saturated heterocycles. The highest BCUT2D eigenvalue weighted by atomic mass is 32.2. The fraction of sp³-hybridized carbons (Fsp3) is 0.667. The molecular formula is C18H30N2S. The molecule has 1 heterocycles. The van der Waals surface area contributed by atoms with Crippen LogP contribution in [0, 0.1) is 0 Å². The summed E-state index contributed by atoms with van der Waals surface area (Å²) in [4.78, 5) is 2.76. The average Bonchev–Trinajstić information content (AvgIpc) is 2.54. The fourth-order valence-electron chi connectivity index (χ4n) is 3.48. The van der Waals surface area contributed by atoms with Gasteiger partial charge < -0.3 is 5.32 Å². The Morgan fingerprint density at radius 3 is 2.57 bits per heavy atom. The molecule has 0 aromatic heterocycles. The summed E-state index contributed by atoms with van der Waals surface area (Å²) >= 11 is 1.96. The first-order chi connectivity index (χ1) is 10.2. The van der Waals surface area contributed by atoms with Crippen molar-refractivity contribution in [3.63, 3.8) is 0 Å². The number of thioether (sulfide) groups is 1. The lowest BCUT2D eigenvalue weighted by Gasteiger charge is -2.50. The molecule has 0 bridgehead atoms. The van der Waals surface area contributed by atoms with Gasteiger partial charge in [0.2, 0.25) is 0 Å². The van der Waals surface area contributed by atoms with E-state index in [1.54, 1.807) is 0 Å². The van der Waals surface area contributed by atoms with Crippen LogP contribution in [0.5, 0.6) is 0 Å². The highest BCUT2D eigenvalue weighted by Crippen LogP contribution is 2.27. The second-order valence-corrected chi connectivity index (χ2v) is 7.12. The van der Waals surface area contributed by atoms with Crippen molar-refractivity contribution >= 4 is 11.8 Å². The summed E-state index contributed by atoms with van der Waals surface area (Å²) in [5.74, 6) is 1.24. The lowest BCUT2D eigenvalue weighted by molar-refractivity contribution is 0.0375. The molecule has 0 radical (unpaired) electrons.